The lowest BCUT2D eigenvalue weighted by Gasteiger charge is -2.10. The molecule has 6 nitrogen and oxygen atoms in total. The number of benzene rings is 1. The highest BCUT2D eigenvalue weighted by atomic mass is 16.5. The van der Waals surface area contributed by atoms with Gasteiger partial charge in [-0.3, -0.25) is 4.40 Å². The van der Waals surface area contributed by atoms with Gasteiger partial charge in [0.1, 0.15) is 11.9 Å². The first kappa shape index (κ1) is 16.3. The molecule has 24 heavy (non-hydrogen) atoms. The molecule has 0 bridgehead atoms. The normalized spacial score (nSPS) is 12.4. The summed E-state index contributed by atoms with van der Waals surface area (Å²) in [7, 11) is 3.22. The SMILES string of the molecule is CCc1c(OC)nc2nc(C(O)c3ccc(OC)cc3)cn2c1C. The molecule has 2 aromatic heterocycles. The van der Waals surface area contributed by atoms with E-state index >= 15 is 0 Å². The summed E-state index contributed by atoms with van der Waals surface area (Å²) in [5.41, 5.74) is 3.35. The Morgan fingerprint density at radius 2 is 1.83 bits per heavy atom. The lowest BCUT2D eigenvalue weighted by Crippen LogP contribution is -2.03. The smallest absolute Gasteiger partial charge is 0.237 e. The Kier molecular flexibility index (Phi) is 4.40. The highest BCUT2D eigenvalue weighted by Gasteiger charge is 2.18. The first-order chi connectivity index (χ1) is 11.6. The number of fused-ring (bicyclic) bond motifs is 1. The molecule has 0 saturated carbocycles. The predicted octanol–water partition coefficient (Wildman–Crippen LogP) is 2.70. The minimum absolute atomic E-state index is 0.518. The van der Waals surface area contributed by atoms with Crippen LogP contribution in [0.5, 0.6) is 11.6 Å². The third-order valence-corrected chi connectivity index (χ3v) is 4.22. The predicted molar refractivity (Wildman–Crippen MR) is 90.7 cm³/mol. The third kappa shape index (κ3) is 2.69. The summed E-state index contributed by atoms with van der Waals surface area (Å²) < 4.78 is 12.4. The Balaban J connectivity index is 2.04. The van der Waals surface area contributed by atoms with Gasteiger partial charge in [-0.25, -0.2) is 4.98 Å². The van der Waals surface area contributed by atoms with Gasteiger partial charge in [-0.2, -0.15) is 4.98 Å². The summed E-state index contributed by atoms with van der Waals surface area (Å²) >= 11 is 0. The highest BCUT2D eigenvalue weighted by Crippen LogP contribution is 2.26. The van der Waals surface area contributed by atoms with Crippen molar-refractivity contribution in [3.8, 4) is 11.6 Å². The molecule has 1 unspecified atom stereocenters. The van der Waals surface area contributed by atoms with Crippen molar-refractivity contribution in [3.63, 3.8) is 0 Å². The Morgan fingerprint density at radius 1 is 1.12 bits per heavy atom. The van der Waals surface area contributed by atoms with Gasteiger partial charge < -0.3 is 14.6 Å². The van der Waals surface area contributed by atoms with E-state index in [-0.39, 0.29) is 0 Å². The number of imidazole rings is 1. The van der Waals surface area contributed by atoms with Crippen molar-refractivity contribution in [3.05, 3.63) is 53.0 Å². The van der Waals surface area contributed by atoms with Crippen LogP contribution in [0.2, 0.25) is 0 Å². The van der Waals surface area contributed by atoms with Crippen molar-refractivity contribution in [2.75, 3.05) is 14.2 Å². The number of aliphatic hydroxyl groups excluding tert-OH is 1. The molecule has 1 atom stereocenters. The van der Waals surface area contributed by atoms with Crippen LogP contribution >= 0.6 is 0 Å². The number of ether oxygens (including phenoxy) is 2. The fraction of sp³-hybridized carbons (Fsp3) is 0.333. The number of aromatic nitrogens is 3. The number of aryl methyl sites for hydroxylation is 1. The van der Waals surface area contributed by atoms with Crippen LogP contribution < -0.4 is 9.47 Å². The monoisotopic (exact) mass is 327 g/mol. The highest BCUT2D eigenvalue weighted by molar-refractivity contribution is 5.44. The van der Waals surface area contributed by atoms with E-state index in [0.717, 1.165) is 29.0 Å². The van der Waals surface area contributed by atoms with Gasteiger partial charge in [0.05, 0.1) is 19.9 Å². The molecule has 3 aromatic rings. The van der Waals surface area contributed by atoms with Crippen molar-refractivity contribution in [2.24, 2.45) is 0 Å². The van der Waals surface area contributed by atoms with Crippen molar-refractivity contribution in [1.29, 1.82) is 0 Å². The van der Waals surface area contributed by atoms with Gasteiger partial charge in [0.2, 0.25) is 11.7 Å². The van der Waals surface area contributed by atoms with E-state index in [9.17, 15) is 5.11 Å². The van der Waals surface area contributed by atoms with Crippen LogP contribution in [0, 0.1) is 6.92 Å². The zero-order chi connectivity index (χ0) is 17.3. The molecule has 0 amide bonds. The largest absolute Gasteiger partial charge is 0.497 e. The molecule has 0 aliphatic carbocycles. The van der Waals surface area contributed by atoms with Gasteiger partial charge in [0.25, 0.3) is 0 Å². The lowest BCUT2D eigenvalue weighted by molar-refractivity contribution is 0.216. The molecule has 0 fully saturated rings. The summed E-state index contributed by atoms with van der Waals surface area (Å²) in [5, 5.41) is 10.6. The number of hydrogen-bond donors (Lipinski definition) is 1. The maximum absolute atomic E-state index is 10.6. The number of nitrogens with zero attached hydrogens (tertiary/aromatic N) is 3. The van der Waals surface area contributed by atoms with Gasteiger partial charge >= 0.3 is 0 Å². The van der Waals surface area contributed by atoms with Gasteiger partial charge in [0.15, 0.2) is 0 Å². The summed E-state index contributed by atoms with van der Waals surface area (Å²) in [6.07, 6.45) is 1.81. The van der Waals surface area contributed by atoms with Gasteiger partial charge in [-0.1, -0.05) is 19.1 Å². The summed E-state index contributed by atoms with van der Waals surface area (Å²) in [4.78, 5) is 8.92. The van der Waals surface area contributed by atoms with Crippen molar-refractivity contribution < 1.29 is 14.6 Å². The molecular formula is C18H21N3O3. The maximum Gasteiger partial charge on any atom is 0.237 e. The van der Waals surface area contributed by atoms with E-state index in [1.165, 1.54) is 0 Å². The molecule has 0 spiro atoms. The van der Waals surface area contributed by atoms with Crippen molar-refractivity contribution in [1.82, 2.24) is 14.4 Å². The standard InChI is InChI=1S/C18H21N3O3/c1-5-14-11(2)21-10-15(19-18(21)20-17(14)24-4)16(22)12-6-8-13(23-3)9-7-12/h6-10,16,22H,5H2,1-4H3. The van der Waals surface area contributed by atoms with Crippen molar-refractivity contribution >= 4 is 5.78 Å². The third-order valence-electron chi connectivity index (χ3n) is 4.22. The Bertz CT molecular complexity index is 856. The number of rotatable bonds is 5. The van der Waals surface area contributed by atoms with Crippen LogP contribution in [0.25, 0.3) is 5.78 Å². The van der Waals surface area contributed by atoms with Crippen LogP contribution in [0.1, 0.15) is 35.5 Å². The average molecular weight is 327 g/mol. The van der Waals surface area contributed by atoms with E-state index in [0.29, 0.717) is 17.4 Å². The zero-order valence-electron chi connectivity index (χ0n) is 14.3. The minimum Gasteiger partial charge on any atom is -0.497 e. The second-order valence-corrected chi connectivity index (χ2v) is 5.55. The molecule has 0 saturated heterocycles. The Labute approximate surface area is 140 Å². The molecule has 126 valence electrons. The summed E-state index contributed by atoms with van der Waals surface area (Å²) in [6.45, 7) is 4.06. The first-order valence-electron chi connectivity index (χ1n) is 7.83. The van der Waals surface area contributed by atoms with E-state index in [4.69, 9.17) is 9.47 Å². The quantitative estimate of drug-likeness (QED) is 0.780. The van der Waals surface area contributed by atoms with Gasteiger partial charge in [-0.15, -0.1) is 0 Å². The fourth-order valence-electron chi connectivity index (χ4n) is 2.84. The van der Waals surface area contributed by atoms with Gasteiger partial charge in [-0.05, 0) is 31.0 Å². The van der Waals surface area contributed by atoms with Crippen LogP contribution in [0.3, 0.4) is 0 Å². The van der Waals surface area contributed by atoms with E-state index < -0.39 is 6.10 Å². The maximum atomic E-state index is 10.6. The molecule has 0 aliphatic rings. The van der Waals surface area contributed by atoms with Crippen LogP contribution in [0.15, 0.2) is 30.5 Å². The summed E-state index contributed by atoms with van der Waals surface area (Å²) in [5.74, 6) is 1.85. The summed E-state index contributed by atoms with van der Waals surface area (Å²) in [6, 6.07) is 7.28. The number of hydrogen-bond acceptors (Lipinski definition) is 5. The lowest BCUT2D eigenvalue weighted by atomic mass is 10.1. The minimum atomic E-state index is -0.826. The van der Waals surface area contributed by atoms with E-state index in [1.807, 2.05) is 41.8 Å². The Hall–Kier alpha value is -2.60. The van der Waals surface area contributed by atoms with Crippen LogP contribution in [-0.4, -0.2) is 33.7 Å². The molecule has 1 N–H and O–H groups in total. The Morgan fingerprint density at radius 3 is 2.42 bits per heavy atom. The number of methoxy groups -OCH3 is 2. The molecule has 0 radical (unpaired) electrons. The van der Waals surface area contributed by atoms with Crippen LogP contribution in [0.4, 0.5) is 0 Å². The second kappa shape index (κ2) is 6.49. The molecule has 0 aliphatic heterocycles. The first-order valence-corrected chi connectivity index (χ1v) is 7.83. The fourth-order valence-corrected chi connectivity index (χ4v) is 2.84. The number of aliphatic hydroxyl groups is 1. The average Bonchev–Trinajstić information content (AvgIpc) is 3.05. The van der Waals surface area contributed by atoms with Crippen molar-refractivity contribution in [2.45, 2.75) is 26.4 Å². The molecule has 6 heteroatoms. The molecular weight excluding hydrogens is 306 g/mol. The zero-order valence-corrected chi connectivity index (χ0v) is 14.3. The second-order valence-electron chi connectivity index (χ2n) is 5.55. The molecule has 2 heterocycles. The van der Waals surface area contributed by atoms with Gasteiger partial charge in [0, 0.05) is 17.5 Å². The van der Waals surface area contributed by atoms with E-state index in [1.54, 1.807) is 14.2 Å². The molecule has 3 rings (SSSR count). The molecule has 1 aromatic carbocycles. The van der Waals surface area contributed by atoms with Crippen LogP contribution in [-0.2, 0) is 6.42 Å². The topological polar surface area (TPSA) is 68.9 Å². The van der Waals surface area contributed by atoms with E-state index in [2.05, 4.69) is 16.9 Å².